The zero-order chi connectivity index (χ0) is 13.1. The van der Waals surface area contributed by atoms with Crippen molar-refractivity contribution in [1.29, 1.82) is 0 Å². The van der Waals surface area contributed by atoms with Gasteiger partial charge in [0.05, 0.1) is 0 Å². The molecule has 1 aromatic rings. The Morgan fingerprint density at radius 2 is 1.94 bits per heavy atom. The van der Waals surface area contributed by atoms with Crippen molar-refractivity contribution >= 4 is 5.78 Å². The Bertz CT molecular complexity index is 462. The van der Waals surface area contributed by atoms with Gasteiger partial charge in [-0.1, -0.05) is 31.2 Å². The molecule has 1 heteroatoms. The van der Waals surface area contributed by atoms with E-state index in [1.807, 2.05) is 0 Å². The maximum Gasteiger partial charge on any atom is 0.162 e. The summed E-state index contributed by atoms with van der Waals surface area (Å²) < 4.78 is 0. The molecule has 1 aliphatic rings. The van der Waals surface area contributed by atoms with Gasteiger partial charge in [0.25, 0.3) is 0 Å². The highest BCUT2D eigenvalue weighted by Gasteiger charge is 2.17. The quantitative estimate of drug-likeness (QED) is 0.777. The molecule has 0 bridgehead atoms. The standard InChI is InChI=1S/C17H22O/c1-12-7-9-15(10-8-12)17(18)11-16-13(2)5-4-6-14(16)3/h4-6,9,12H,7-8,10-11H2,1-3H3. The Balaban J connectivity index is 2.12. The van der Waals surface area contributed by atoms with Crippen LogP contribution in [-0.2, 0) is 11.2 Å². The van der Waals surface area contributed by atoms with Gasteiger partial charge in [0.15, 0.2) is 5.78 Å². The van der Waals surface area contributed by atoms with E-state index in [4.69, 9.17) is 0 Å². The monoisotopic (exact) mass is 242 g/mol. The average Bonchev–Trinajstić information content (AvgIpc) is 2.34. The Morgan fingerprint density at radius 1 is 1.28 bits per heavy atom. The largest absolute Gasteiger partial charge is 0.294 e. The average molecular weight is 242 g/mol. The summed E-state index contributed by atoms with van der Waals surface area (Å²) >= 11 is 0. The van der Waals surface area contributed by atoms with Crippen molar-refractivity contribution in [1.82, 2.24) is 0 Å². The van der Waals surface area contributed by atoms with Crippen molar-refractivity contribution in [2.45, 2.75) is 46.5 Å². The van der Waals surface area contributed by atoms with E-state index in [0.29, 0.717) is 12.2 Å². The fourth-order valence-corrected chi connectivity index (χ4v) is 2.62. The highest BCUT2D eigenvalue weighted by atomic mass is 16.1. The molecule has 96 valence electrons. The lowest BCUT2D eigenvalue weighted by atomic mass is 9.86. The van der Waals surface area contributed by atoms with E-state index < -0.39 is 0 Å². The summed E-state index contributed by atoms with van der Waals surface area (Å²) in [5.41, 5.74) is 4.72. The van der Waals surface area contributed by atoms with Gasteiger partial charge in [0, 0.05) is 6.42 Å². The first-order valence-electron chi connectivity index (χ1n) is 6.85. The Hall–Kier alpha value is -1.37. The normalized spacial score (nSPS) is 19.5. The van der Waals surface area contributed by atoms with Crippen LogP contribution in [0.5, 0.6) is 0 Å². The van der Waals surface area contributed by atoms with Crippen LogP contribution in [0.15, 0.2) is 29.8 Å². The molecule has 2 rings (SSSR count). The van der Waals surface area contributed by atoms with E-state index in [9.17, 15) is 4.79 Å². The number of carbonyl (C=O) groups excluding carboxylic acids is 1. The molecule has 0 saturated heterocycles. The Morgan fingerprint density at radius 3 is 2.50 bits per heavy atom. The van der Waals surface area contributed by atoms with Gasteiger partial charge in [-0.05, 0) is 61.3 Å². The van der Waals surface area contributed by atoms with Gasteiger partial charge in [-0.15, -0.1) is 0 Å². The summed E-state index contributed by atoms with van der Waals surface area (Å²) in [6.45, 7) is 6.43. The smallest absolute Gasteiger partial charge is 0.162 e. The molecule has 0 heterocycles. The number of hydrogen-bond donors (Lipinski definition) is 0. The molecule has 1 nitrogen and oxygen atoms in total. The number of Topliss-reactive ketones (excluding diaryl/α,β-unsaturated/α-hetero) is 1. The summed E-state index contributed by atoms with van der Waals surface area (Å²) in [5.74, 6) is 1.06. The predicted molar refractivity (Wildman–Crippen MR) is 75.7 cm³/mol. The minimum Gasteiger partial charge on any atom is -0.294 e. The molecule has 1 atom stereocenters. The predicted octanol–water partition coefficient (Wildman–Crippen LogP) is 4.16. The van der Waals surface area contributed by atoms with Crippen LogP contribution in [0.2, 0.25) is 0 Å². The number of hydrogen-bond acceptors (Lipinski definition) is 1. The molecular weight excluding hydrogens is 220 g/mol. The van der Waals surface area contributed by atoms with Gasteiger partial charge in [-0.25, -0.2) is 0 Å². The molecule has 0 aliphatic heterocycles. The van der Waals surface area contributed by atoms with E-state index in [1.54, 1.807) is 0 Å². The zero-order valence-corrected chi connectivity index (χ0v) is 11.6. The molecule has 0 fully saturated rings. The van der Waals surface area contributed by atoms with E-state index >= 15 is 0 Å². The summed E-state index contributed by atoms with van der Waals surface area (Å²) in [4.78, 5) is 12.3. The lowest BCUT2D eigenvalue weighted by molar-refractivity contribution is -0.115. The number of aryl methyl sites for hydroxylation is 2. The fourth-order valence-electron chi connectivity index (χ4n) is 2.62. The van der Waals surface area contributed by atoms with Gasteiger partial charge in [-0.3, -0.25) is 4.79 Å². The summed E-state index contributed by atoms with van der Waals surface area (Å²) in [5, 5.41) is 0. The SMILES string of the molecule is Cc1cccc(C)c1CC(=O)C1=CCC(C)CC1. The Labute approximate surface area is 110 Å². The van der Waals surface area contributed by atoms with Crippen molar-refractivity contribution in [3.8, 4) is 0 Å². The minimum atomic E-state index is 0.319. The third-order valence-corrected chi connectivity index (χ3v) is 4.01. The van der Waals surface area contributed by atoms with Gasteiger partial charge >= 0.3 is 0 Å². The molecule has 1 aromatic carbocycles. The molecule has 1 aliphatic carbocycles. The van der Waals surface area contributed by atoms with E-state index in [0.717, 1.165) is 30.8 Å². The maximum atomic E-state index is 12.3. The lowest BCUT2D eigenvalue weighted by Crippen LogP contribution is -2.13. The summed E-state index contributed by atoms with van der Waals surface area (Å²) in [7, 11) is 0. The van der Waals surface area contributed by atoms with Gasteiger partial charge in [0.1, 0.15) is 0 Å². The topological polar surface area (TPSA) is 17.1 Å². The highest BCUT2D eigenvalue weighted by Crippen LogP contribution is 2.25. The number of benzene rings is 1. The molecule has 0 saturated carbocycles. The van der Waals surface area contributed by atoms with Crippen LogP contribution in [-0.4, -0.2) is 5.78 Å². The first-order chi connectivity index (χ1) is 8.58. The molecule has 18 heavy (non-hydrogen) atoms. The second-order valence-corrected chi connectivity index (χ2v) is 5.58. The zero-order valence-electron chi connectivity index (χ0n) is 11.6. The summed E-state index contributed by atoms with van der Waals surface area (Å²) in [6, 6.07) is 6.24. The molecular formula is C17H22O. The minimum absolute atomic E-state index is 0.319. The van der Waals surface area contributed by atoms with Gasteiger partial charge in [0.2, 0.25) is 0 Å². The van der Waals surface area contributed by atoms with Crippen LogP contribution >= 0.6 is 0 Å². The van der Waals surface area contributed by atoms with Crippen LogP contribution in [0.3, 0.4) is 0 Å². The number of ketones is 1. The third kappa shape index (κ3) is 2.90. The second kappa shape index (κ2) is 5.51. The van der Waals surface area contributed by atoms with Crippen molar-refractivity contribution < 1.29 is 4.79 Å². The number of carbonyl (C=O) groups is 1. The van der Waals surface area contributed by atoms with Crippen LogP contribution in [0, 0.1) is 19.8 Å². The number of rotatable bonds is 3. The molecule has 0 spiro atoms. The van der Waals surface area contributed by atoms with Crippen LogP contribution in [0.1, 0.15) is 42.9 Å². The second-order valence-electron chi connectivity index (χ2n) is 5.58. The van der Waals surface area contributed by atoms with E-state index in [2.05, 4.69) is 45.0 Å². The molecule has 0 N–H and O–H groups in total. The fraction of sp³-hybridized carbons (Fsp3) is 0.471. The van der Waals surface area contributed by atoms with Crippen molar-refractivity contribution in [2.75, 3.05) is 0 Å². The first kappa shape index (κ1) is 13.1. The molecule has 1 unspecified atom stereocenters. The van der Waals surface area contributed by atoms with Crippen molar-refractivity contribution in [3.63, 3.8) is 0 Å². The molecule has 0 amide bonds. The van der Waals surface area contributed by atoms with Gasteiger partial charge < -0.3 is 0 Å². The van der Waals surface area contributed by atoms with Crippen molar-refractivity contribution in [3.05, 3.63) is 46.5 Å². The first-order valence-corrected chi connectivity index (χ1v) is 6.85. The summed E-state index contributed by atoms with van der Waals surface area (Å²) in [6.07, 6.45) is 5.91. The van der Waals surface area contributed by atoms with E-state index in [1.165, 1.54) is 16.7 Å². The van der Waals surface area contributed by atoms with E-state index in [-0.39, 0.29) is 0 Å². The van der Waals surface area contributed by atoms with Crippen LogP contribution in [0.4, 0.5) is 0 Å². The van der Waals surface area contributed by atoms with Gasteiger partial charge in [-0.2, -0.15) is 0 Å². The third-order valence-electron chi connectivity index (χ3n) is 4.01. The van der Waals surface area contributed by atoms with Crippen LogP contribution in [0.25, 0.3) is 0 Å². The molecule has 0 radical (unpaired) electrons. The van der Waals surface area contributed by atoms with Crippen LogP contribution < -0.4 is 0 Å². The lowest BCUT2D eigenvalue weighted by Gasteiger charge is -2.18. The maximum absolute atomic E-state index is 12.3. The Kier molecular flexibility index (Phi) is 4.00. The van der Waals surface area contributed by atoms with Crippen molar-refractivity contribution in [2.24, 2.45) is 5.92 Å². The number of allylic oxidation sites excluding steroid dienone is 2. The molecule has 0 aromatic heterocycles. The highest BCUT2D eigenvalue weighted by molar-refractivity contribution is 5.97.